The molecule has 0 heterocycles. The highest BCUT2D eigenvalue weighted by Gasteiger charge is 2.44. The molecule has 1 rings (SSSR count). The van der Waals surface area contributed by atoms with E-state index in [1.807, 2.05) is 0 Å². The minimum Gasteiger partial charge on any atom is -0.300 e. The molecule has 11 heavy (non-hydrogen) atoms. The lowest BCUT2D eigenvalue weighted by Gasteiger charge is -2.24. The van der Waals surface area contributed by atoms with Crippen LogP contribution in [0.25, 0.3) is 0 Å². The maximum absolute atomic E-state index is 13.4. The molecule has 0 aromatic heterocycles. The summed E-state index contributed by atoms with van der Waals surface area (Å²) in [4.78, 5) is 11.0. The molecule has 1 atom stereocenters. The molecular weight excluding hydrogens is 143 g/mol. The highest BCUT2D eigenvalue weighted by Crippen LogP contribution is 2.43. The third kappa shape index (κ3) is 2.01. The van der Waals surface area contributed by atoms with Gasteiger partial charge in [0.2, 0.25) is 0 Å². The van der Waals surface area contributed by atoms with Crippen LogP contribution in [0.1, 0.15) is 33.6 Å². The highest BCUT2D eigenvalue weighted by atomic mass is 19.1. The van der Waals surface area contributed by atoms with Crippen molar-refractivity contribution < 1.29 is 9.18 Å². The Bertz CT molecular complexity index is 165. The van der Waals surface area contributed by atoms with Crippen LogP contribution in [0.4, 0.5) is 4.39 Å². The van der Waals surface area contributed by atoms with Crippen molar-refractivity contribution in [3.05, 3.63) is 0 Å². The Labute approximate surface area is 67.0 Å². The van der Waals surface area contributed by atoms with Crippen molar-refractivity contribution in [2.24, 2.45) is 11.8 Å². The van der Waals surface area contributed by atoms with Gasteiger partial charge in [0.25, 0.3) is 0 Å². The summed E-state index contributed by atoms with van der Waals surface area (Å²) in [6.45, 7) is 4.49. The van der Waals surface area contributed by atoms with Gasteiger partial charge in [-0.05, 0) is 39.5 Å². The Morgan fingerprint density at radius 2 is 2.00 bits per heavy atom. The summed E-state index contributed by atoms with van der Waals surface area (Å²) >= 11 is 0. The number of hydrogen-bond donors (Lipinski definition) is 0. The average Bonchev–Trinajstić information content (AvgIpc) is 2.42. The number of carbonyl (C=O) groups excluding carboxylic acids is 1. The minimum absolute atomic E-state index is 0.000000000000000666. The summed E-state index contributed by atoms with van der Waals surface area (Å²) in [7, 11) is 0. The number of carbonyl (C=O) groups is 1. The largest absolute Gasteiger partial charge is 0.300 e. The van der Waals surface area contributed by atoms with Gasteiger partial charge in [0.15, 0.2) is 0 Å². The van der Waals surface area contributed by atoms with Gasteiger partial charge in [-0.15, -0.1) is 0 Å². The van der Waals surface area contributed by atoms with Crippen LogP contribution in [-0.4, -0.2) is 11.5 Å². The van der Waals surface area contributed by atoms with Gasteiger partial charge in [-0.3, -0.25) is 4.79 Å². The molecule has 2 heteroatoms. The van der Waals surface area contributed by atoms with E-state index in [4.69, 9.17) is 0 Å². The van der Waals surface area contributed by atoms with Gasteiger partial charge >= 0.3 is 0 Å². The second kappa shape index (κ2) is 2.58. The molecule has 0 radical (unpaired) electrons. The normalized spacial score (nSPS) is 21.5. The summed E-state index contributed by atoms with van der Waals surface area (Å²) in [5, 5.41) is 0. The van der Waals surface area contributed by atoms with E-state index in [2.05, 4.69) is 0 Å². The first-order chi connectivity index (χ1) is 4.93. The van der Waals surface area contributed by atoms with Crippen molar-refractivity contribution in [3.63, 3.8) is 0 Å². The number of Topliss-reactive ketones (excluding diaryl/α,β-unsaturated/α-hetero) is 1. The van der Waals surface area contributed by atoms with Crippen LogP contribution in [0, 0.1) is 11.8 Å². The van der Waals surface area contributed by atoms with Gasteiger partial charge in [-0.1, -0.05) is 0 Å². The van der Waals surface area contributed by atoms with Crippen LogP contribution in [0.15, 0.2) is 0 Å². The smallest absolute Gasteiger partial charge is 0.136 e. The van der Waals surface area contributed by atoms with E-state index >= 15 is 0 Å². The molecule has 1 fully saturated rings. The Balaban J connectivity index is 2.66. The molecule has 0 amide bonds. The van der Waals surface area contributed by atoms with E-state index in [0.29, 0.717) is 5.92 Å². The van der Waals surface area contributed by atoms with E-state index in [-0.39, 0.29) is 11.7 Å². The fraction of sp³-hybridized carbons (Fsp3) is 0.889. The zero-order chi connectivity index (χ0) is 8.65. The molecule has 0 aromatic carbocycles. The summed E-state index contributed by atoms with van der Waals surface area (Å²) in [6.07, 6.45) is 2.05. The predicted octanol–water partition coefficient (Wildman–Crippen LogP) is 2.35. The molecule has 0 N–H and O–H groups in total. The number of ketones is 1. The van der Waals surface area contributed by atoms with Crippen molar-refractivity contribution in [1.29, 1.82) is 0 Å². The molecule has 0 bridgehead atoms. The first kappa shape index (κ1) is 8.69. The maximum atomic E-state index is 13.4. The quantitative estimate of drug-likeness (QED) is 0.616. The van der Waals surface area contributed by atoms with Crippen LogP contribution in [0.5, 0.6) is 0 Å². The van der Waals surface area contributed by atoms with Gasteiger partial charge in [-0.25, -0.2) is 4.39 Å². The average molecular weight is 158 g/mol. The van der Waals surface area contributed by atoms with Crippen molar-refractivity contribution in [2.45, 2.75) is 39.3 Å². The topological polar surface area (TPSA) is 17.1 Å². The molecule has 1 aliphatic carbocycles. The predicted molar refractivity (Wildman–Crippen MR) is 42.1 cm³/mol. The van der Waals surface area contributed by atoms with Crippen LogP contribution in [0.3, 0.4) is 0 Å². The maximum Gasteiger partial charge on any atom is 0.136 e. The molecule has 1 aliphatic rings. The second-order valence-electron chi connectivity index (χ2n) is 3.99. The number of alkyl halides is 1. The molecule has 64 valence electrons. The zero-order valence-electron chi connectivity index (χ0n) is 7.36. The lowest BCUT2D eigenvalue weighted by molar-refractivity contribution is -0.125. The highest BCUT2D eigenvalue weighted by molar-refractivity contribution is 5.80. The molecule has 1 nitrogen and oxygen atoms in total. The Hall–Kier alpha value is -0.400. The monoisotopic (exact) mass is 158 g/mol. The summed E-state index contributed by atoms with van der Waals surface area (Å²) in [6, 6.07) is 0. The van der Waals surface area contributed by atoms with E-state index in [1.54, 1.807) is 0 Å². The fourth-order valence-corrected chi connectivity index (χ4v) is 1.81. The van der Waals surface area contributed by atoms with E-state index in [1.165, 1.54) is 20.8 Å². The number of rotatable bonds is 3. The van der Waals surface area contributed by atoms with Gasteiger partial charge in [-0.2, -0.15) is 0 Å². The van der Waals surface area contributed by atoms with Crippen molar-refractivity contribution in [1.82, 2.24) is 0 Å². The van der Waals surface area contributed by atoms with Crippen LogP contribution in [0.2, 0.25) is 0 Å². The first-order valence-corrected chi connectivity index (χ1v) is 4.12. The van der Waals surface area contributed by atoms with E-state index in [0.717, 1.165) is 12.8 Å². The van der Waals surface area contributed by atoms with E-state index < -0.39 is 5.67 Å². The van der Waals surface area contributed by atoms with Gasteiger partial charge < -0.3 is 0 Å². The number of hydrogen-bond acceptors (Lipinski definition) is 1. The minimum atomic E-state index is -1.33. The summed E-state index contributed by atoms with van der Waals surface area (Å²) in [5.41, 5.74) is -1.33. The van der Waals surface area contributed by atoms with Crippen molar-refractivity contribution in [3.8, 4) is 0 Å². The Morgan fingerprint density at radius 3 is 2.09 bits per heavy atom. The van der Waals surface area contributed by atoms with Crippen LogP contribution in [-0.2, 0) is 4.79 Å². The molecule has 1 saturated carbocycles. The third-order valence-corrected chi connectivity index (χ3v) is 2.27. The molecule has 1 unspecified atom stereocenters. The number of halogens is 1. The zero-order valence-corrected chi connectivity index (χ0v) is 7.36. The van der Waals surface area contributed by atoms with E-state index in [9.17, 15) is 9.18 Å². The Morgan fingerprint density at radius 1 is 1.55 bits per heavy atom. The van der Waals surface area contributed by atoms with Gasteiger partial charge in [0, 0.05) is 0 Å². The molecule has 0 spiro atoms. The van der Waals surface area contributed by atoms with Gasteiger partial charge in [0.1, 0.15) is 11.5 Å². The van der Waals surface area contributed by atoms with Crippen LogP contribution < -0.4 is 0 Å². The fourth-order valence-electron chi connectivity index (χ4n) is 1.81. The van der Waals surface area contributed by atoms with Crippen molar-refractivity contribution >= 4 is 5.78 Å². The Kier molecular flexibility index (Phi) is 2.04. The molecular formula is C9H15FO. The molecule has 0 aromatic rings. The third-order valence-electron chi connectivity index (χ3n) is 2.27. The lowest BCUT2D eigenvalue weighted by Crippen LogP contribution is -2.33. The van der Waals surface area contributed by atoms with Gasteiger partial charge in [0.05, 0.1) is 5.92 Å². The van der Waals surface area contributed by atoms with Crippen LogP contribution >= 0.6 is 0 Å². The summed E-state index contributed by atoms with van der Waals surface area (Å²) < 4.78 is 13.4. The van der Waals surface area contributed by atoms with Crippen molar-refractivity contribution in [2.75, 3.05) is 0 Å². The molecule has 0 aliphatic heterocycles. The first-order valence-electron chi connectivity index (χ1n) is 4.12. The second-order valence-corrected chi connectivity index (χ2v) is 3.99. The lowest BCUT2D eigenvalue weighted by atomic mass is 9.85. The SMILES string of the molecule is CC(=O)C(C1CC1)C(C)(C)F. The standard InChI is InChI=1S/C9H15FO/c1-6(11)8(7-4-5-7)9(2,3)10/h7-8H,4-5H2,1-3H3. The molecule has 0 saturated heterocycles. The summed E-state index contributed by atoms with van der Waals surface area (Å²) in [5.74, 6) is -0.0324.